The number of carbonyl (C=O) groups is 3. The van der Waals surface area contributed by atoms with E-state index in [4.69, 9.17) is 9.47 Å². The van der Waals surface area contributed by atoms with Gasteiger partial charge in [0, 0.05) is 19.6 Å². The molecule has 1 saturated carbocycles. The number of carboxylic acids is 1. The van der Waals surface area contributed by atoms with Crippen LogP contribution in [-0.4, -0.2) is 61.8 Å². The van der Waals surface area contributed by atoms with E-state index >= 15 is 0 Å². The van der Waals surface area contributed by atoms with Crippen molar-refractivity contribution in [2.75, 3.05) is 33.9 Å². The number of methoxy groups -OCH3 is 2. The molecular weight excluding hydrogens is 364 g/mol. The highest BCUT2D eigenvalue weighted by Crippen LogP contribution is 2.48. The van der Waals surface area contributed by atoms with Crippen molar-refractivity contribution >= 4 is 18.0 Å². The number of hydrogen-bond acceptors (Lipinski definition) is 5. The highest BCUT2D eigenvalue weighted by molar-refractivity contribution is 5.90. The van der Waals surface area contributed by atoms with E-state index in [0.29, 0.717) is 37.2 Å². The van der Waals surface area contributed by atoms with Crippen LogP contribution in [0.1, 0.15) is 35.2 Å². The average Bonchev–Trinajstić information content (AvgIpc) is 3.26. The van der Waals surface area contributed by atoms with Crippen molar-refractivity contribution < 1.29 is 29.0 Å². The van der Waals surface area contributed by atoms with Crippen molar-refractivity contribution in [1.82, 2.24) is 10.2 Å². The third kappa shape index (κ3) is 3.63. The van der Waals surface area contributed by atoms with Crippen LogP contribution in [0, 0.1) is 11.3 Å². The molecule has 28 heavy (non-hydrogen) atoms. The van der Waals surface area contributed by atoms with E-state index in [1.807, 2.05) is 0 Å². The summed E-state index contributed by atoms with van der Waals surface area (Å²) in [6, 6.07) is 4.81. The predicted molar refractivity (Wildman–Crippen MR) is 100 cm³/mol. The second-order valence-corrected chi connectivity index (χ2v) is 7.43. The number of urea groups is 1. The zero-order valence-electron chi connectivity index (χ0n) is 16.2. The molecule has 1 heterocycles. The SMILES string of the molecule is COC(=O)c1ccc(CCNC(=O)N2C[C@@H]3CCC[C@@]3(C(=O)O)C2)c(OC)c1. The highest BCUT2D eigenvalue weighted by Gasteiger charge is 2.55. The van der Waals surface area contributed by atoms with Gasteiger partial charge in [0.05, 0.1) is 25.2 Å². The first-order valence-electron chi connectivity index (χ1n) is 9.42. The molecule has 2 N–H and O–H groups in total. The van der Waals surface area contributed by atoms with Gasteiger partial charge < -0.3 is 24.8 Å². The average molecular weight is 390 g/mol. The van der Waals surface area contributed by atoms with Gasteiger partial charge in [0.25, 0.3) is 0 Å². The number of carbonyl (C=O) groups excluding carboxylic acids is 2. The van der Waals surface area contributed by atoms with Crippen molar-refractivity contribution in [2.45, 2.75) is 25.7 Å². The Morgan fingerprint density at radius 1 is 1.32 bits per heavy atom. The van der Waals surface area contributed by atoms with Gasteiger partial charge in [0.1, 0.15) is 5.75 Å². The molecule has 1 aliphatic heterocycles. The summed E-state index contributed by atoms with van der Waals surface area (Å²) in [6.07, 6.45) is 2.94. The van der Waals surface area contributed by atoms with Gasteiger partial charge in [0.15, 0.2) is 0 Å². The maximum Gasteiger partial charge on any atom is 0.337 e. The van der Waals surface area contributed by atoms with Gasteiger partial charge in [-0.25, -0.2) is 9.59 Å². The Bertz CT molecular complexity index is 780. The number of benzene rings is 1. The number of hydrogen-bond donors (Lipinski definition) is 2. The van der Waals surface area contributed by atoms with Crippen molar-refractivity contribution in [1.29, 1.82) is 0 Å². The number of nitrogens with zero attached hydrogens (tertiary/aromatic N) is 1. The maximum atomic E-state index is 12.5. The maximum absolute atomic E-state index is 12.5. The number of ether oxygens (including phenoxy) is 2. The van der Waals surface area contributed by atoms with Crippen LogP contribution in [0.4, 0.5) is 4.79 Å². The van der Waals surface area contributed by atoms with Gasteiger partial charge in [0.2, 0.25) is 0 Å². The molecule has 2 fully saturated rings. The molecular formula is C20H26N2O6. The molecule has 152 valence electrons. The molecule has 2 atom stereocenters. The fourth-order valence-electron chi connectivity index (χ4n) is 4.41. The summed E-state index contributed by atoms with van der Waals surface area (Å²) in [5.41, 5.74) is 0.482. The van der Waals surface area contributed by atoms with Crippen LogP contribution in [0.15, 0.2) is 18.2 Å². The first kappa shape index (κ1) is 20.0. The van der Waals surface area contributed by atoms with Crippen LogP contribution < -0.4 is 10.1 Å². The Kier molecular flexibility index (Phi) is 5.76. The lowest BCUT2D eigenvalue weighted by atomic mass is 9.81. The van der Waals surface area contributed by atoms with E-state index in [1.54, 1.807) is 23.1 Å². The number of carboxylic acid groups (broad SMARTS) is 1. The fourth-order valence-corrected chi connectivity index (χ4v) is 4.41. The van der Waals surface area contributed by atoms with Crippen LogP contribution in [0.5, 0.6) is 5.75 Å². The number of nitrogens with one attached hydrogen (secondary N) is 1. The molecule has 1 saturated heterocycles. The van der Waals surface area contributed by atoms with Gasteiger partial charge in [-0.05, 0) is 42.9 Å². The third-order valence-electron chi connectivity index (χ3n) is 5.96. The van der Waals surface area contributed by atoms with E-state index in [-0.39, 0.29) is 18.5 Å². The number of likely N-dealkylation sites (tertiary alicyclic amines) is 1. The lowest BCUT2D eigenvalue weighted by Crippen LogP contribution is -2.42. The molecule has 1 aromatic rings. The first-order chi connectivity index (χ1) is 13.4. The predicted octanol–water partition coefficient (Wildman–Crippen LogP) is 1.92. The Morgan fingerprint density at radius 2 is 2.11 bits per heavy atom. The molecule has 0 bridgehead atoms. The van der Waals surface area contributed by atoms with E-state index in [0.717, 1.165) is 18.4 Å². The molecule has 0 unspecified atom stereocenters. The molecule has 0 radical (unpaired) electrons. The monoisotopic (exact) mass is 390 g/mol. The van der Waals surface area contributed by atoms with Gasteiger partial charge >= 0.3 is 18.0 Å². The Balaban J connectivity index is 1.56. The topological polar surface area (TPSA) is 105 Å². The lowest BCUT2D eigenvalue weighted by molar-refractivity contribution is -0.149. The summed E-state index contributed by atoms with van der Waals surface area (Å²) < 4.78 is 10.0. The molecule has 0 aromatic heterocycles. The molecule has 1 aliphatic carbocycles. The van der Waals surface area contributed by atoms with Crippen LogP contribution in [-0.2, 0) is 16.0 Å². The van der Waals surface area contributed by atoms with E-state index in [1.165, 1.54) is 14.2 Å². The van der Waals surface area contributed by atoms with Crippen molar-refractivity contribution in [2.24, 2.45) is 11.3 Å². The third-order valence-corrected chi connectivity index (χ3v) is 5.96. The summed E-state index contributed by atoms with van der Waals surface area (Å²) in [5.74, 6) is -0.634. The smallest absolute Gasteiger partial charge is 0.337 e. The van der Waals surface area contributed by atoms with Gasteiger partial charge in [-0.15, -0.1) is 0 Å². The van der Waals surface area contributed by atoms with E-state index in [2.05, 4.69) is 5.32 Å². The summed E-state index contributed by atoms with van der Waals surface area (Å²) in [4.78, 5) is 37.5. The second-order valence-electron chi connectivity index (χ2n) is 7.43. The standard InChI is InChI=1S/C20H26N2O6/c1-27-16-10-14(17(23)28-2)6-5-13(16)7-9-21-19(26)22-11-15-4-3-8-20(15,12-22)18(24)25/h5-6,10,15H,3-4,7-9,11-12H2,1-2H3,(H,21,26)(H,24,25)/t15-,20+/m0/s1. The number of aliphatic carboxylic acids is 1. The fraction of sp³-hybridized carbons (Fsp3) is 0.550. The lowest BCUT2D eigenvalue weighted by Gasteiger charge is -2.23. The minimum absolute atomic E-state index is 0.0432. The summed E-state index contributed by atoms with van der Waals surface area (Å²) in [5, 5.41) is 12.5. The Morgan fingerprint density at radius 3 is 2.75 bits per heavy atom. The van der Waals surface area contributed by atoms with Crippen LogP contribution in [0.3, 0.4) is 0 Å². The number of fused-ring (bicyclic) bond motifs is 1. The van der Waals surface area contributed by atoms with Gasteiger partial charge in [-0.3, -0.25) is 4.79 Å². The molecule has 2 aliphatic rings. The normalized spacial score (nSPS) is 23.2. The molecule has 0 spiro atoms. The van der Waals surface area contributed by atoms with E-state index < -0.39 is 17.4 Å². The molecule has 8 heteroatoms. The van der Waals surface area contributed by atoms with Gasteiger partial charge in [-0.1, -0.05) is 12.5 Å². The summed E-state index contributed by atoms with van der Waals surface area (Å²) in [7, 11) is 2.84. The van der Waals surface area contributed by atoms with Crippen molar-refractivity contribution in [3.8, 4) is 5.75 Å². The van der Waals surface area contributed by atoms with Crippen LogP contribution in [0.2, 0.25) is 0 Å². The first-order valence-corrected chi connectivity index (χ1v) is 9.42. The molecule has 8 nitrogen and oxygen atoms in total. The Hall–Kier alpha value is -2.77. The largest absolute Gasteiger partial charge is 0.496 e. The Labute approximate surface area is 163 Å². The summed E-state index contributed by atoms with van der Waals surface area (Å²) >= 11 is 0. The highest BCUT2D eigenvalue weighted by atomic mass is 16.5. The van der Waals surface area contributed by atoms with E-state index in [9.17, 15) is 19.5 Å². The quantitative estimate of drug-likeness (QED) is 0.719. The number of rotatable bonds is 6. The molecule has 3 rings (SSSR count). The minimum atomic E-state index is -0.791. The number of esters is 1. The molecule has 2 amide bonds. The summed E-state index contributed by atoms with van der Waals surface area (Å²) in [6.45, 7) is 1.15. The zero-order valence-corrected chi connectivity index (χ0v) is 16.2. The van der Waals surface area contributed by atoms with Crippen molar-refractivity contribution in [3.63, 3.8) is 0 Å². The van der Waals surface area contributed by atoms with Crippen molar-refractivity contribution in [3.05, 3.63) is 29.3 Å². The van der Waals surface area contributed by atoms with Crippen LogP contribution in [0.25, 0.3) is 0 Å². The van der Waals surface area contributed by atoms with Gasteiger partial charge in [-0.2, -0.15) is 0 Å². The second kappa shape index (κ2) is 8.08. The number of amides is 2. The van der Waals surface area contributed by atoms with Crippen LogP contribution >= 0.6 is 0 Å². The molecule has 1 aromatic carbocycles. The zero-order chi connectivity index (χ0) is 20.3. The minimum Gasteiger partial charge on any atom is -0.496 e.